The third-order valence-electron chi connectivity index (χ3n) is 5.52. The first-order valence-electron chi connectivity index (χ1n) is 10.6. The topological polar surface area (TPSA) is 115 Å². The Kier molecular flexibility index (Phi) is 8.19. The number of urea groups is 1. The van der Waals surface area contributed by atoms with Crippen LogP contribution < -0.4 is 31.2 Å². The minimum Gasteiger partial charge on any atom is -0.493 e. The molecule has 2 aromatic rings. The molecule has 0 saturated heterocycles. The van der Waals surface area contributed by atoms with Gasteiger partial charge in [-0.25, -0.2) is 4.79 Å². The summed E-state index contributed by atoms with van der Waals surface area (Å²) >= 11 is 6.23. The van der Waals surface area contributed by atoms with Crippen LogP contribution in [0.2, 0.25) is 5.02 Å². The summed E-state index contributed by atoms with van der Waals surface area (Å²) in [7, 11) is 2.98. The number of benzene rings is 2. The maximum Gasteiger partial charge on any atom is 0.323 e. The molecule has 2 aromatic carbocycles. The van der Waals surface area contributed by atoms with Crippen molar-refractivity contribution in [1.82, 2.24) is 5.32 Å². The average molecular weight is 461 g/mol. The molecule has 172 valence electrons. The summed E-state index contributed by atoms with van der Waals surface area (Å²) < 4.78 is 10.7. The number of hydrogen-bond acceptors (Lipinski definition) is 5. The zero-order chi connectivity index (χ0) is 23.1. The van der Waals surface area contributed by atoms with Crippen LogP contribution in [0.4, 0.5) is 16.2 Å². The molecular formula is C23H29ClN4O4. The molecule has 9 heteroatoms. The highest BCUT2D eigenvalue weighted by Gasteiger charge is 2.22. The minimum absolute atomic E-state index is 0.112. The molecule has 3 rings (SSSR count). The normalized spacial score (nSPS) is 13.9. The lowest BCUT2D eigenvalue weighted by atomic mass is 9.95. The van der Waals surface area contributed by atoms with Crippen LogP contribution in [0.3, 0.4) is 0 Å². The van der Waals surface area contributed by atoms with E-state index in [-0.39, 0.29) is 29.7 Å². The Bertz CT molecular complexity index is 977. The summed E-state index contributed by atoms with van der Waals surface area (Å²) in [5, 5.41) is 8.90. The summed E-state index contributed by atoms with van der Waals surface area (Å²) in [5.74, 6) is 0.495. The number of para-hydroxylation sites is 1. The second-order valence-corrected chi connectivity index (χ2v) is 8.03. The number of nitrogens with two attached hydrogens (primary N) is 1. The van der Waals surface area contributed by atoms with Crippen LogP contribution in [0.15, 0.2) is 30.3 Å². The van der Waals surface area contributed by atoms with E-state index in [4.69, 9.17) is 26.8 Å². The Morgan fingerprint density at radius 3 is 2.41 bits per heavy atom. The summed E-state index contributed by atoms with van der Waals surface area (Å²) in [5.41, 5.74) is 7.43. The van der Waals surface area contributed by atoms with Gasteiger partial charge >= 0.3 is 6.03 Å². The number of methoxy groups -OCH3 is 2. The summed E-state index contributed by atoms with van der Waals surface area (Å²) in [6.45, 7) is 0.210. The lowest BCUT2D eigenvalue weighted by molar-refractivity contribution is 0.0928. The quantitative estimate of drug-likeness (QED) is 0.485. The maximum atomic E-state index is 13.1. The van der Waals surface area contributed by atoms with Crippen molar-refractivity contribution >= 4 is 34.9 Å². The van der Waals surface area contributed by atoms with Gasteiger partial charge in [0.25, 0.3) is 5.91 Å². The van der Waals surface area contributed by atoms with Gasteiger partial charge in [-0.05, 0) is 30.5 Å². The number of nitrogens with one attached hydrogen (secondary N) is 3. The van der Waals surface area contributed by atoms with E-state index in [1.807, 2.05) is 0 Å². The van der Waals surface area contributed by atoms with Crippen LogP contribution in [0.25, 0.3) is 0 Å². The third kappa shape index (κ3) is 5.63. The van der Waals surface area contributed by atoms with Gasteiger partial charge < -0.3 is 31.2 Å². The minimum atomic E-state index is -0.563. The molecule has 32 heavy (non-hydrogen) atoms. The molecule has 0 heterocycles. The molecule has 0 bridgehead atoms. The molecule has 3 amide bonds. The van der Waals surface area contributed by atoms with E-state index in [2.05, 4.69) is 16.0 Å². The van der Waals surface area contributed by atoms with Gasteiger partial charge in [-0.1, -0.05) is 43.0 Å². The molecule has 1 fully saturated rings. The largest absolute Gasteiger partial charge is 0.493 e. The highest BCUT2D eigenvalue weighted by atomic mass is 35.5. The first-order valence-corrected chi connectivity index (χ1v) is 11.0. The van der Waals surface area contributed by atoms with Gasteiger partial charge in [0.15, 0.2) is 11.5 Å². The van der Waals surface area contributed by atoms with Gasteiger partial charge in [0.2, 0.25) is 0 Å². The molecule has 1 aliphatic carbocycles. The second-order valence-electron chi connectivity index (χ2n) is 7.62. The average Bonchev–Trinajstić information content (AvgIpc) is 2.80. The molecule has 1 saturated carbocycles. The highest BCUT2D eigenvalue weighted by Crippen LogP contribution is 2.34. The van der Waals surface area contributed by atoms with Crippen LogP contribution in [-0.4, -0.2) is 32.2 Å². The first kappa shape index (κ1) is 23.7. The SMILES string of the molecule is COc1cc(NC(=O)Nc2c(Cl)cccc2CN)c(C(=O)NC2CCCCC2)cc1OC. The molecule has 0 aliphatic heterocycles. The number of ether oxygens (including phenoxy) is 2. The van der Waals surface area contributed by atoms with Crippen molar-refractivity contribution in [2.24, 2.45) is 5.73 Å². The number of rotatable bonds is 7. The van der Waals surface area contributed by atoms with Crippen molar-refractivity contribution in [2.75, 3.05) is 24.9 Å². The third-order valence-corrected chi connectivity index (χ3v) is 5.83. The fourth-order valence-electron chi connectivity index (χ4n) is 3.83. The van der Waals surface area contributed by atoms with E-state index in [0.29, 0.717) is 27.8 Å². The van der Waals surface area contributed by atoms with Crippen molar-refractivity contribution in [1.29, 1.82) is 0 Å². The van der Waals surface area contributed by atoms with Gasteiger partial charge in [0, 0.05) is 18.7 Å². The maximum absolute atomic E-state index is 13.1. The van der Waals surface area contributed by atoms with E-state index >= 15 is 0 Å². The van der Waals surface area contributed by atoms with E-state index < -0.39 is 6.03 Å². The Hall–Kier alpha value is -2.97. The molecule has 0 aromatic heterocycles. The lowest BCUT2D eigenvalue weighted by Crippen LogP contribution is -2.36. The van der Waals surface area contributed by atoms with Crippen molar-refractivity contribution in [3.8, 4) is 11.5 Å². The zero-order valence-electron chi connectivity index (χ0n) is 18.3. The van der Waals surface area contributed by atoms with Crippen LogP contribution in [-0.2, 0) is 6.54 Å². The lowest BCUT2D eigenvalue weighted by Gasteiger charge is -2.24. The number of amides is 3. The standard InChI is InChI=1S/C23H29ClN4O4/c1-31-19-11-16(22(29)26-15-8-4-3-5-9-15)18(12-20(19)32-2)27-23(30)28-21-14(13-25)7-6-10-17(21)24/h6-7,10-12,15H,3-5,8-9,13,25H2,1-2H3,(H,26,29)(H2,27,28,30). The molecule has 5 N–H and O–H groups in total. The van der Waals surface area contributed by atoms with Crippen molar-refractivity contribution in [3.05, 3.63) is 46.5 Å². The Morgan fingerprint density at radius 2 is 1.75 bits per heavy atom. The monoisotopic (exact) mass is 460 g/mol. The van der Waals surface area contributed by atoms with Crippen LogP contribution in [0, 0.1) is 0 Å². The van der Waals surface area contributed by atoms with Gasteiger partial charge in [0.05, 0.1) is 36.2 Å². The summed E-state index contributed by atoms with van der Waals surface area (Å²) in [6, 6.07) is 7.87. The number of halogens is 1. The summed E-state index contributed by atoms with van der Waals surface area (Å²) in [6.07, 6.45) is 5.24. The second kappa shape index (κ2) is 11.1. The predicted octanol–water partition coefficient (Wildman–Crippen LogP) is 4.52. The number of hydrogen-bond donors (Lipinski definition) is 4. The van der Waals surface area contributed by atoms with Crippen LogP contribution in [0.5, 0.6) is 11.5 Å². The Labute approximate surface area is 192 Å². The highest BCUT2D eigenvalue weighted by molar-refractivity contribution is 6.34. The Morgan fingerprint density at radius 1 is 1.06 bits per heavy atom. The number of carbonyl (C=O) groups excluding carboxylic acids is 2. The van der Waals surface area contributed by atoms with E-state index in [1.54, 1.807) is 30.3 Å². The van der Waals surface area contributed by atoms with E-state index in [0.717, 1.165) is 25.7 Å². The molecular weight excluding hydrogens is 432 g/mol. The van der Waals surface area contributed by atoms with E-state index in [1.165, 1.54) is 20.6 Å². The number of carbonyl (C=O) groups is 2. The zero-order valence-corrected chi connectivity index (χ0v) is 19.1. The molecule has 1 aliphatic rings. The molecule has 0 unspecified atom stereocenters. The van der Waals surface area contributed by atoms with Crippen LogP contribution in [0.1, 0.15) is 48.0 Å². The molecule has 0 radical (unpaired) electrons. The Balaban J connectivity index is 1.86. The van der Waals surface area contributed by atoms with Gasteiger partial charge in [-0.3, -0.25) is 4.79 Å². The van der Waals surface area contributed by atoms with Gasteiger partial charge in [-0.2, -0.15) is 0 Å². The first-order chi connectivity index (χ1) is 15.5. The predicted molar refractivity (Wildman–Crippen MR) is 126 cm³/mol. The van der Waals surface area contributed by atoms with Crippen molar-refractivity contribution in [3.63, 3.8) is 0 Å². The van der Waals surface area contributed by atoms with Crippen molar-refractivity contribution in [2.45, 2.75) is 44.7 Å². The van der Waals surface area contributed by atoms with Gasteiger partial charge in [0.1, 0.15) is 0 Å². The summed E-state index contributed by atoms with van der Waals surface area (Å²) in [4.78, 5) is 25.9. The van der Waals surface area contributed by atoms with Crippen molar-refractivity contribution < 1.29 is 19.1 Å². The number of anilines is 2. The molecule has 8 nitrogen and oxygen atoms in total. The van der Waals surface area contributed by atoms with E-state index in [9.17, 15) is 9.59 Å². The molecule has 0 spiro atoms. The van der Waals surface area contributed by atoms with Gasteiger partial charge in [-0.15, -0.1) is 0 Å². The smallest absolute Gasteiger partial charge is 0.323 e. The fraction of sp³-hybridized carbons (Fsp3) is 0.391. The van der Waals surface area contributed by atoms with Crippen LogP contribution >= 0.6 is 11.6 Å². The molecule has 0 atom stereocenters. The fourth-order valence-corrected chi connectivity index (χ4v) is 4.07.